The van der Waals surface area contributed by atoms with Crippen LogP contribution in [-0.4, -0.2) is 61.0 Å². The monoisotopic (exact) mass is 378 g/mol. The highest BCUT2D eigenvalue weighted by Gasteiger charge is 2.44. The van der Waals surface area contributed by atoms with Gasteiger partial charge in [0, 0.05) is 37.8 Å². The molecule has 27 heavy (non-hydrogen) atoms. The first-order chi connectivity index (χ1) is 12.6. The molecule has 2 aliphatic rings. The zero-order valence-electron chi connectivity index (χ0n) is 16.4. The summed E-state index contributed by atoms with van der Waals surface area (Å²) >= 11 is 0. The van der Waals surface area contributed by atoms with Crippen LogP contribution in [0.3, 0.4) is 0 Å². The Morgan fingerprint density at radius 1 is 1.33 bits per heavy atom. The molecule has 0 amide bonds. The number of hydrogen-bond donors (Lipinski definition) is 4. The van der Waals surface area contributed by atoms with E-state index in [4.69, 9.17) is 15.8 Å². The summed E-state index contributed by atoms with van der Waals surface area (Å²) in [5, 5.41) is 21.3. The summed E-state index contributed by atoms with van der Waals surface area (Å²) in [5.74, 6) is 0.131. The molecule has 0 saturated carbocycles. The summed E-state index contributed by atoms with van der Waals surface area (Å²) < 4.78 is 0. The summed E-state index contributed by atoms with van der Waals surface area (Å²) in [6.45, 7) is 8.81. The molecule has 0 aliphatic carbocycles. The second-order valence-electron chi connectivity index (χ2n) is 8.66. The molecule has 150 valence electrons. The van der Waals surface area contributed by atoms with E-state index in [-0.39, 0.29) is 18.0 Å². The fourth-order valence-corrected chi connectivity index (χ4v) is 4.45. The molecule has 0 bridgehead atoms. The predicted molar refractivity (Wildman–Crippen MR) is 108 cm³/mol. The number of rotatable bonds is 8. The zero-order chi connectivity index (χ0) is 19.9. The normalized spacial score (nSPS) is 26.0. The summed E-state index contributed by atoms with van der Waals surface area (Å²) in [6.07, 6.45) is 1.73. The lowest BCUT2D eigenvalue weighted by atomic mass is 9.79. The minimum Gasteiger partial charge on any atom is -0.427 e. The smallest absolute Gasteiger partial charge is 0.427 e. The fraction of sp³-hybridized carbons (Fsp3) is 0.778. The van der Waals surface area contributed by atoms with Crippen molar-refractivity contribution >= 4 is 18.5 Å². The minimum atomic E-state index is -1.30. The van der Waals surface area contributed by atoms with Gasteiger partial charge in [-0.1, -0.05) is 6.42 Å². The van der Waals surface area contributed by atoms with Crippen LogP contribution >= 0.6 is 0 Å². The maximum absolute atomic E-state index is 12.4. The number of hydrogen-bond acceptors (Lipinski definition) is 8. The van der Waals surface area contributed by atoms with Crippen LogP contribution in [0.5, 0.6) is 0 Å². The second kappa shape index (κ2) is 7.54. The Hall–Kier alpha value is -1.42. The van der Waals surface area contributed by atoms with Crippen LogP contribution in [0.4, 0.5) is 11.4 Å². The van der Waals surface area contributed by atoms with Gasteiger partial charge in [0.25, 0.3) is 10.9 Å². The Labute approximate surface area is 160 Å². The van der Waals surface area contributed by atoms with Crippen molar-refractivity contribution in [1.29, 1.82) is 0 Å². The van der Waals surface area contributed by atoms with Gasteiger partial charge in [0.1, 0.15) is 11.4 Å². The summed E-state index contributed by atoms with van der Waals surface area (Å²) in [7, 11) is -1.30. The first-order valence-corrected chi connectivity index (χ1v) is 9.85. The number of nitrogens with two attached hydrogens (primary N) is 1. The average Bonchev–Trinajstić information content (AvgIpc) is 2.81. The number of nitrogens with one attached hydrogen (secondary N) is 1. The van der Waals surface area contributed by atoms with Gasteiger partial charge in [-0.3, -0.25) is 9.59 Å². The van der Waals surface area contributed by atoms with E-state index in [2.05, 4.69) is 10.2 Å². The van der Waals surface area contributed by atoms with Gasteiger partial charge in [0.2, 0.25) is 0 Å². The molecule has 0 radical (unpaired) electrons. The first-order valence-electron chi connectivity index (χ1n) is 9.85. The maximum Gasteiger partial charge on any atom is 0.451 e. The van der Waals surface area contributed by atoms with E-state index in [1.807, 2.05) is 25.7 Å². The molecule has 2 heterocycles. The van der Waals surface area contributed by atoms with Gasteiger partial charge in [-0.15, -0.1) is 0 Å². The van der Waals surface area contributed by atoms with Gasteiger partial charge in [-0.05, 0) is 39.4 Å². The SMILES string of the molecule is CC(C)N(c1c(N2C[C@H](CCCB(O)O)[C@@](C)(N)C2)c(=O)c1=O)C1CNC1. The zero-order valence-corrected chi connectivity index (χ0v) is 16.4. The van der Waals surface area contributed by atoms with E-state index in [9.17, 15) is 9.59 Å². The largest absolute Gasteiger partial charge is 0.451 e. The Morgan fingerprint density at radius 3 is 2.52 bits per heavy atom. The van der Waals surface area contributed by atoms with Gasteiger partial charge < -0.3 is 30.9 Å². The third kappa shape index (κ3) is 3.78. The standard InChI is InChI=1S/C18H31BN4O4/c1-11(2)23(13-7-21-8-13)15-14(16(24)17(15)25)22-9-12(18(3,20)10-22)5-4-6-19(26)27/h11-13,21,26-27H,4-10,20H2,1-3H3/t12-,18-/m0/s1. The summed E-state index contributed by atoms with van der Waals surface area (Å²) in [5.41, 5.74) is 6.26. The van der Waals surface area contributed by atoms with Gasteiger partial charge in [-0.25, -0.2) is 0 Å². The molecule has 2 fully saturated rings. The molecular formula is C18H31BN4O4. The van der Waals surface area contributed by atoms with Crippen LogP contribution in [-0.2, 0) is 0 Å². The lowest BCUT2D eigenvalue weighted by Gasteiger charge is -2.44. The van der Waals surface area contributed by atoms with Gasteiger partial charge in [0.05, 0.1) is 6.04 Å². The van der Waals surface area contributed by atoms with Crippen molar-refractivity contribution in [3.05, 3.63) is 20.4 Å². The molecule has 2 saturated heterocycles. The molecule has 0 spiro atoms. The molecule has 8 nitrogen and oxygen atoms in total. The molecular weight excluding hydrogens is 347 g/mol. The molecule has 0 unspecified atom stereocenters. The fourth-order valence-electron chi connectivity index (χ4n) is 4.45. The first kappa shape index (κ1) is 20.3. The van der Waals surface area contributed by atoms with E-state index in [1.54, 1.807) is 0 Å². The summed E-state index contributed by atoms with van der Waals surface area (Å²) in [6, 6.07) is 0.369. The van der Waals surface area contributed by atoms with Crippen molar-refractivity contribution in [2.45, 2.75) is 57.6 Å². The Bertz CT molecular complexity index is 740. The van der Waals surface area contributed by atoms with Crippen molar-refractivity contribution in [3.8, 4) is 0 Å². The van der Waals surface area contributed by atoms with Gasteiger partial charge >= 0.3 is 7.12 Å². The summed E-state index contributed by atoms with van der Waals surface area (Å²) in [4.78, 5) is 28.9. The van der Waals surface area contributed by atoms with Crippen LogP contribution in [0.25, 0.3) is 0 Å². The molecule has 1 aromatic carbocycles. The lowest BCUT2D eigenvalue weighted by molar-refractivity contribution is 0.343. The highest BCUT2D eigenvalue weighted by molar-refractivity contribution is 6.40. The van der Waals surface area contributed by atoms with Crippen molar-refractivity contribution in [2.75, 3.05) is 36.0 Å². The Balaban J connectivity index is 1.80. The van der Waals surface area contributed by atoms with E-state index in [0.717, 1.165) is 19.5 Å². The second-order valence-corrected chi connectivity index (χ2v) is 8.66. The predicted octanol–water partition coefficient (Wildman–Crippen LogP) is -1.12. The van der Waals surface area contributed by atoms with E-state index in [0.29, 0.717) is 37.2 Å². The Kier molecular flexibility index (Phi) is 5.68. The third-order valence-corrected chi connectivity index (χ3v) is 6.06. The van der Waals surface area contributed by atoms with Crippen molar-refractivity contribution in [2.24, 2.45) is 11.7 Å². The van der Waals surface area contributed by atoms with Crippen molar-refractivity contribution < 1.29 is 10.0 Å². The van der Waals surface area contributed by atoms with E-state index < -0.39 is 23.5 Å². The Morgan fingerprint density at radius 2 is 2.00 bits per heavy atom. The third-order valence-electron chi connectivity index (χ3n) is 6.06. The molecule has 2 atom stereocenters. The molecule has 0 aromatic heterocycles. The molecule has 2 aliphatic heterocycles. The molecule has 1 aromatic rings. The topological polar surface area (TPSA) is 119 Å². The molecule has 5 N–H and O–H groups in total. The highest BCUT2D eigenvalue weighted by atomic mass is 16.4. The lowest BCUT2D eigenvalue weighted by Crippen LogP contribution is -2.62. The number of nitrogens with zero attached hydrogens (tertiary/aromatic N) is 2. The number of anilines is 2. The van der Waals surface area contributed by atoms with Crippen LogP contribution in [0.15, 0.2) is 9.59 Å². The van der Waals surface area contributed by atoms with Crippen LogP contribution in [0, 0.1) is 5.92 Å². The van der Waals surface area contributed by atoms with Crippen LogP contribution in [0.1, 0.15) is 33.6 Å². The van der Waals surface area contributed by atoms with E-state index >= 15 is 0 Å². The van der Waals surface area contributed by atoms with Crippen LogP contribution in [0.2, 0.25) is 6.32 Å². The average molecular weight is 378 g/mol. The van der Waals surface area contributed by atoms with Gasteiger partial charge in [-0.2, -0.15) is 0 Å². The van der Waals surface area contributed by atoms with E-state index in [1.165, 1.54) is 0 Å². The minimum absolute atomic E-state index is 0.131. The maximum atomic E-state index is 12.4. The van der Waals surface area contributed by atoms with Crippen LogP contribution < -0.4 is 31.7 Å². The highest BCUT2D eigenvalue weighted by Crippen LogP contribution is 2.36. The quantitative estimate of drug-likeness (QED) is 0.332. The molecule has 9 heteroatoms. The van der Waals surface area contributed by atoms with Crippen molar-refractivity contribution in [1.82, 2.24) is 5.32 Å². The van der Waals surface area contributed by atoms with Crippen molar-refractivity contribution in [3.63, 3.8) is 0 Å². The molecule has 3 rings (SSSR count). The van der Waals surface area contributed by atoms with Gasteiger partial charge in [0.15, 0.2) is 0 Å².